The Morgan fingerprint density at radius 3 is 2.86 bits per heavy atom. The zero-order valence-corrected chi connectivity index (χ0v) is 11.7. The van der Waals surface area contributed by atoms with Crippen molar-refractivity contribution >= 4 is 22.5 Å². The highest BCUT2D eigenvalue weighted by Crippen LogP contribution is 2.42. The lowest BCUT2D eigenvalue weighted by Gasteiger charge is -2.27. The summed E-state index contributed by atoms with van der Waals surface area (Å²) in [5, 5.41) is 30.2. The summed E-state index contributed by atoms with van der Waals surface area (Å²) in [7, 11) is 0. The molecule has 116 valence electrons. The van der Waals surface area contributed by atoms with Crippen LogP contribution in [0.5, 0.6) is 0 Å². The van der Waals surface area contributed by atoms with Crippen LogP contribution < -0.4 is 5.73 Å². The van der Waals surface area contributed by atoms with Gasteiger partial charge in [0.2, 0.25) is 5.69 Å². The Kier molecular flexibility index (Phi) is 3.26. The molecule has 0 amide bonds. The van der Waals surface area contributed by atoms with E-state index >= 15 is 0 Å². The Hall–Kier alpha value is -2.25. The number of nitrogens with two attached hydrogens (primary N) is 1. The molecule has 22 heavy (non-hydrogen) atoms. The first-order valence-corrected chi connectivity index (χ1v) is 6.57. The van der Waals surface area contributed by atoms with Crippen molar-refractivity contribution in [1.82, 2.24) is 14.5 Å². The summed E-state index contributed by atoms with van der Waals surface area (Å²) in [6.45, 7) is 8.18. The van der Waals surface area contributed by atoms with Gasteiger partial charge in [-0.3, -0.25) is 0 Å². The van der Waals surface area contributed by atoms with Crippen LogP contribution in [0.25, 0.3) is 15.9 Å². The van der Waals surface area contributed by atoms with Gasteiger partial charge in [0.05, 0.1) is 18.6 Å². The lowest BCUT2D eigenvalue weighted by Crippen LogP contribution is -2.44. The van der Waals surface area contributed by atoms with Crippen LogP contribution in [0.1, 0.15) is 13.2 Å². The Morgan fingerprint density at radius 2 is 2.27 bits per heavy atom. The predicted molar refractivity (Wildman–Crippen MR) is 75.8 cm³/mol. The van der Waals surface area contributed by atoms with E-state index in [4.69, 9.17) is 17.0 Å². The number of fused-ring (bicyclic) bond motifs is 1. The number of aromatic nitrogens is 3. The third kappa shape index (κ3) is 1.86. The number of nitrogen functional groups attached to an aromatic ring is 1. The lowest BCUT2D eigenvalue weighted by molar-refractivity contribution is -0.0947. The van der Waals surface area contributed by atoms with Gasteiger partial charge in [-0.1, -0.05) is 0 Å². The number of hydrogen-bond acceptors (Lipinski definition) is 7. The standard InChI is InChI=1S/C13H15N5O4/c1-13(21)9(20)7(4-19)22-12(13)18-3-6(15-2)8-10(14)16-5-17-11(8)18/h3,5,7,9,12,19-21H,4H2,1H3,(H2,14,16,17)/t7?,9?,12-,13-/m1/s1. The van der Waals surface area contributed by atoms with Crippen molar-refractivity contribution in [2.24, 2.45) is 0 Å². The molecule has 9 nitrogen and oxygen atoms in total. The zero-order valence-electron chi connectivity index (χ0n) is 11.7. The third-order valence-corrected chi connectivity index (χ3v) is 3.93. The minimum Gasteiger partial charge on any atom is -0.394 e. The molecule has 0 aliphatic carbocycles. The van der Waals surface area contributed by atoms with Gasteiger partial charge in [-0.2, -0.15) is 0 Å². The molecule has 0 spiro atoms. The van der Waals surface area contributed by atoms with Gasteiger partial charge in [0.25, 0.3) is 0 Å². The van der Waals surface area contributed by atoms with Gasteiger partial charge < -0.3 is 30.4 Å². The van der Waals surface area contributed by atoms with E-state index in [1.165, 1.54) is 24.0 Å². The fraction of sp³-hybridized carbons (Fsp3) is 0.462. The van der Waals surface area contributed by atoms with Crippen molar-refractivity contribution < 1.29 is 20.1 Å². The topological polar surface area (TPSA) is 131 Å². The molecule has 1 saturated heterocycles. The smallest absolute Gasteiger partial charge is 0.217 e. The minimum atomic E-state index is -1.67. The fourth-order valence-corrected chi connectivity index (χ4v) is 2.74. The number of aliphatic hydroxyl groups excluding tert-OH is 2. The van der Waals surface area contributed by atoms with Crippen LogP contribution in [-0.2, 0) is 4.74 Å². The van der Waals surface area contributed by atoms with Crippen molar-refractivity contribution in [3.05, 3.63) is 23.9 Å². The van der Waals surface area contributed by atoms with Gasteiger partial charge in [-0.25, -0.2) is 14.8 Å². The summed E-state index contributed by atoms with van der Waals surface area (Å²) in [6.07, 6.45) is -0.560. The quantitative estimate of drug-likeness (QED) is 0.553. The van der Waals surface area contributed by atoms with Gasteiger partial charge >= 0.3 is 0 Å². The van der Waals surface area contributed by atoms with E-state index in [1.54, 1.807) is 0 Å². The maximum absolute atomic E-state index is 10.5. The molecule has 0 radical (unpaired) electrons. The minimum absolute atomic E-state index is 0.145. The van der Waals surface area contributed by atoms with Crippen LogP contribution in [0.2, 0.25) is 0 Å². The van der Waals surface area contributed by atoms with Crippen LogP contribution in [0.15, 0.2) is 12.5 Å². The second-order valence-electron chi connectivity index (χ2n) is 5.37. The number of anilines is 1. The zero-order chi connectivity index (χ0) is 16.1. The van der Waals surface area contributed by atoms with Gasteiger partial charge in [0, 0.05) is 6.20 Å². The number of aliphatic hydroxyl groups is 3. The van der Waals surface area contributed by atoms with Crippen molar-refractivity contribution in [1.29, 1.82) is 0 Å². The predicted octanol–water partition coefficient (Wildman–Crippen LogP) is -0.434. The Bertz CT molecular complexity index is 766. The lowest BCUT2D eigenvalue weighted by atomic mass is 9.96. The number of ether oxygens (including phenoxy) is 1. The van der Waals surface area contributed by atoms with E-state index < -0.39 is 30.6 Å². The number of rotatable bonds is 2. The average Bonchev–Trinajstić information content (AvgIpc) is 2.97. The van der Waals surface area contributed by atoms with Gasteiger partial charge in [-0.15, -0.1) is 0 Å². The van der Waals surface area contributed by atoms with E-state index in [9.17, 15) is 15.3 Å². The van der Waals surface area contributed by atoms with E-state index in [2.05, 4.69) is 14.8 Å². The van der Waals surface area contributed by atoms with Crippen molar-refractivity contribution in [2.75, 3.05) is 12.3 Å². The molecule has 2 aromatic rings. The number of hydrogen-bond donors (Lipinski definition) is 4. The van der Waals surface area contributed by atoms with Crippen LogP contribution in [-0.4, -0.2) is 54.3 Å². The maximum Gasteiger partial charge on any atom is 0.217 e. The monoisotopic (exact) mass is 305 g/mol. The first-order chi connectivity index (χ1) is 10.4. The molecule has 4 atom stereocenters. The van der Waals surface area contributed by atoms with E-state index in [-0.39, 0.29) is 11.5 Å². The second kappa shape index (κ2) is 4.89. The molecule has 5 N–H and O–H groups in total. The van der Waals surface area contributed by atoms with Crippen LogP contribution in [0, 0.1) is 6.57 Å². The van der Waals surface area contributed by atoms with Gasteiger partial charge in [0.15, 0.2) is 6.23 Å². The third-order valence-electron chi connectivity index (χ3n) is 3.93. The molecule has 1 fully saturated rings. The fourth-order valence-electron chi connectivity index (χ4n) is 2.74. The van der Waals surface area contributed by atoms with Crippen LogP contribution >= 0.6 is 0 Å². The Balaban J connectivity index is 2.20. The molecule has 0 aromatic carbocycles. The van der Waals surface area contributed by atoms with E-state index in [0.717, 1.165) is 0 Å². The van der Waals surface area contributed by atoms with E-state index in [1.807, 2.05) is 0 Å². The molecule has 3 rings (SSSR count). The molecule has 0 saturated carbocycles. The highest BCUT2D eigenvalue weighted by molar-refractivity contribution is 5.98. The van der Waals surface area contributed by atoms with Gasteiger partial charge in [0.1, 0.15) is 35.6 Å². The molecular weight excluding hydrogens is 290 g/mol. The molecule has 9 heteroatoms. The van der Waals surface area contributed by atoms with Crippen molar-refractivity contribution in [3.8, 4) is 0 Å². The Labute approximate surface area is 125 Å². The second-order valence-corrected chi connectivity index (χ2v) is 5.37. The van der Waals surface area contributed by atoms with Crippen LogP contribution in [0.4, 0.5) is 11.5 Å². The largest absolute Gasteiger partial charge is 0.394 e. The molecule has 3 heterocycles. The van der Waals surface area contributed by atoms with Crippen molar-refractivity contribution in [3.63, 3.8) is 0 Å². The molecule has 2 unspecified atom stereocenters. The molecule has 1 aliphatic heterocycles. The summed E-state index contributed by atoms with van der Waals surface area (Å²) in [4.78, 5) is 11.3. The highest BCUT2D eigenvalue weighted by atomic mass is 16.6. The average molecular weight is 305 g/mol. The summed E-state index contributed by atoms with van der Waals surface area (Å²) >= 11 is 0. The van der Waals surface area contributed by atoms with Crippen molar-refractivity contribution in [2.45, 2.75) is 31.0 Å². The molecular formula is C13H15N5O4. The summed E-state index contributed by atoms with van der Waals surface area (Å²) in [5.74, 6) is 0.145. The Morgan fingerprint density at radius 1 is 1.55 bits per heavy atom. The summed E-state index contributed by atoms with van der Waals surface area (Å²) in [6, 6.07) is 0. The first-order valence-electron chi connectivity index (χ1n) is 6.57. The summed E-state index contributed by atoms with van der Waals surface area (Å²) < 4.78 is 6.97. The molecule has 0 bridgehead atoms. The normalized spacial score (nSPS) is 31.5. The number of nitrogens with zero attached hydrogens (tertiary/aromatic N) is 4. The van der Waals surface area contributed by atoms with Crippen LogP contribution in [0.3, 0.4) is 0 Å². The summed E-state index contributed by atoms with van der Waals surface area (Å²) in [5.41, 5.74) is 4.66. The van der Waals surface area contributed by atoms with Gasteiger partial charge in [-0.05, 0) is 6.92 Å². The SMILES string of the molecule is [C-]#[N+]c1cn([C@@H]2OC(CO)C(O)[C@@]2(C)O)c2ncnc(N)c12. The molecule has 2 aromatic heterocycles. The van der Waals surface area contributed by atoms with E-state index in [0.29, 0.717) is 11.0 Å². The first kappa shape index (κ1) is 14.7. The molecule has 1 aliphatic rings. The maximum atomic E-state index is 10.5. The highest BCUT2D eigenvalue weighted by Gasteiger charge is 2.53.